The Morgan fingerprint density at radius 1 is 0.250 bits per heavy atom. The van der Waals surface area contributed by atoms with Gasteiger partial charge < -0.3 is 0 Å². The van der Waals surface area contributed by atoms with Crippen molar-refractivity contribution in [1.82, 2.24) is 0 Å². The Kier molecular flexibility index (Phi) is 30.0. The summed E-state index contributed by atoms with van der Waals surface area (Å²) in [7, 11) is 0. The molecule has 0 rings (SSSR count). The minimum atomic E-state index is 1.30. The highest BCUT2D eigenvalue weighted by molar-refractivity contribution is 4.82. The van der Waals surface area contributed by atoms with E-state index in [1.165, 1.54) is 167 Å². The van der Waals surface area contributed by atoms with Gasteiger partial charge >= 0.3 is 0 Å². The van der Waals surface area contributed by atoms with E-state index in [0.717, 1.165) is 0 Å². The van der Waals surface area contributed by atoms with Gasteiger partial charge in [-0.2, -0.15) is 0 Å². The lowest BCUT2D eigenvalue weighted by Gasteiger charge is -2.01. The van der Waals surface area contributed by atoms with Crippen LogP contribution in [0.2, 0.25) is 0 Å². The van der Waals surface area contributed by atoms with Crippen LogP contribution in [0.3, 0.4) is 0 Å². The molecular weight excluding hydrogens is 384 g/mol. The molecule has 32 heavy (non-hydrogen) atoms. The van der Waals surface area contributed by atoms with Crippen LogP contribution in [0.25, 0.3) is 0 Å². The summed E-state index contributed by atoms with van der Waals surface area (Å²) in [6, 6.07) is 0. The molecule has 0 amide bonds. The highest BCUT2D eigenvalue weighted by Crippen LogP contribution is 2.13. The minimum absolute atomic E-state index is 1.30. The zero-order chi connectivity index (χ0) is 23.2. The number of hydrogen-bond donors (Lipinski definition) is 0. The molecule has 0 aliphatic rings. The van der Waals surface area contributed by atoms with Crippen LogP contribution < -0.4 is 0 Å². The highest BCUT2D eigenvalue weighted by Gasteiger charge is 1.93. The monoisotopic (exact) mass is 446 g/mol. The highest BCUT2D eigenvalue weighted by atomic mass is 14.0. The largest absolute Gasteiger partial charge is 0.0885 e. The SMILES string of the molecule is CCCCCCCC/C=C\CCCCCCCC/C=C\CCCCCCCCCCCC. The Labute approximate surface area is 205 Å². The molecule has 0 nitrogen and oxygen atoms in total. The van der Waals surface area contributed by atoms with Gasteiger partial charge in [-0.1, -0.05) is 154 Å². The number of allylic oxidation sites excluding steroid dienone is 4. The molecule has 0 aromatic carbocycles. The molecule has 0 N–H and O–H groups in total. The summed E-state index contributed by atoms with van der Waals surface area (Å²) in [4.78, 5) is 0. The van der Waals surface area contributed by atoms with Crippen LogP contribution in [-0.4, -0.2) is 0 Å². The predicted molar refractivity (Wildman–Crippen MR) is 150 cm³/mol. The van der Waals surface area contributed by atoms with E-state index >= 15 is 0 Å². The van der Waals surface area contributed by atoms with Crippen molar-refractivity contribution >= 4 is 0 Å². The summed E-state index contributed by atoms with van der Waals surface area (Å²) in [5.74, 6) is 0. The van der Waals surface area contributed by atoms with Gasteiger partial charge in [0.2, 0.25) is 0 Å². The van der Waals surface area contributed by atoms with E-state index in [0.29, 0.717) is 0 Å². The molecule has 0 aliphatic carbocycles. The summed E-state index contributed by atoms with van der Waals surface area (Å²) in [6.45, 7) is 4.59. The van der Waals surface area contributed by atoms with E-state index in [9.17, 15) is 0 Å². The Hall–Kier alpha value is -0.520. The fraction of sp³-hybridized carbons (Fsp3) is 0.875. The maximum atomic E-state index is 2.45. The quantitative estimate of drug-likeness (QED) is 0.0868. The van der Waals surface area contributed by atoms with Crippen LogP contribution >= 0.6 is 0 Å². The van der Waals surface area contributed by atoms with Gasteiger partial charge in [-0.25, -0.2) is 0 Å². The lowest BCUT2D eigenvalue weighted by Crippen LogP contribution is -1.81. The molecule has 0 aromatic rings. The molecule has 190 valence electrons. The van der Waals surface area contributed by atoms with Crippen molar-refractivity contribution in [3.63, 3.8) is 0 Å². The first-order chi connectivity index (χ1) is 15.9. The van der Waals surface area contributed by atoms with E-state index in [2.05, 4.69) is 38.2 Å². The van der Waals surface area contributed by atoms with Gasteiger partial charge in [-0.3, -0.25) is 0 Å². The van der Waals surface area contributed by atoms with E-state index in [-0.39, 0.29) is 0 Å². The van der Waals surface area contributed by atoms with Crippen LogP contribution in [0.4, 0.5) is 0 Å². The van der Waals surface area contributed by atoms with Gasteiger partial charge in [0, 0.05) is 0 Å². The molecule has 0 atom stereocenters. The number of rotatable bonds is 27. The first kappa shape index (κ1) is 31.5. The molecule has 0 saturated heterocycles. The lowest BCUT2D eigenvalue weighted by atomic mass is 10.1. The maximum absolute atomic E-state index is 2.45. The Morgan fingerprint density at radius 3 is 0.656 bits per heavy atom. The zero-order valence-electron chi connectivity index (χ0n) is 22.7. The van der Waals surface area contributed by atoms with Crippen LogP contribution in [0.15, 0.2) is 24.3 Å². The average molecular weight is 447 g/mol. The second kappa shape index (κ2) is 30.5. The Balaban J connectivity index is 3.12. The summed E-state index contributed by atoms with van der Waals surface area (Å²) >= 11 is 0. The van der Waals surface area contributed by atoms with Gasteiger partial charge in [0.25, 0.3) is 0 Å². The van der Waals surface area contributed by atoms with Crippen molar-refractivity contribution < 1.29 is 0 Å². The maximum Gasteiger partial charge on any atom is -0.0351 e. The second-order valence-corrected chi connectivity index (χ2v) is 10.2. The van der Waals surface area contributed by atoms with Gasteiger partial charge in [0.05, 0.1) is 0 Å². The molecule has 0 bridgehead atoms. The fourth-order valence-electron chi connectivity index (χ4n) is 4.50. The predicted octanol–water partition coefficient (Wildman–Crippen LogP) is 12.3. The van der Waals surface area contributed by atoms with Crippen LogP contribution in [0.5, 0.6) is 0 Å². The van der Waals surface area contributed by atoms with Gasteiger partial charge in [0.1, 0.15) is 0 Å². The molecule has 0 aromatic heterocycles. The van der Waals surface area contributed by atoms with Crippen molar-refractivity contribution in [3.05, 3.63) is 24.3 Å². The first-order valence-electron chi connectivity index (χ1n) is 15.2. The molecule has 0 unspecified atom stereocenters. The third kappa shape index (κ3) is 29.5. The molecule has 0 saturated carbocycles. The van der Waals surface area contributed by atoms with E-state index in [1.807, 2.05) is 0 Å². The number of unbranched alkanes of at least 4 members (excludes halogenated alkanes) is 23. The summed E-state index contributed by atoms with van der Waals surface area (Å²) in [5.41, 5.74) is 0. The standard InChI is InChI=1S/C32H62/c1-3-5-7-9-11-13-15-17-19-21-23-25-27-29-31-32-30-28-26-24-22-20-18-16-14-12-10-8-6-4-2/h17,19,26,28H,3-16,18,20-25,27,29-32H2,1-2H3/b19-17-,28-26-. The number of hydrogen-bond acceptors (Lipinski definition) is 0. The smallest absolute Gasteiger partial charge is 0.0351 e. The van der Waals surface area contributed by atoms with Crippen LogP contribution in [0, 0.1) is 0 Å². The van der Waals surface area contributed by atoms with Gasteiger partial charge in [-0.05, 0) is 51.4 Å². The van der Waals surface area contributed by atoms with Crippen molar-refractivity contribution in [1.29, 1.82) is 0 Å². The molecule has 0 heterocycles. The molecule has 0 radical (unpaired) electrons. The Bertz CT molecular complexity index is 364. The van der Waals surface area contributed by atoms with Crippen LogP contribution in [0.1, 0.15) is 181 Å². The first-order valence-corrected chi connectivity index (χ1v) is 15.2. The topological polar surface area (TPSA) is 0 Å². The third-order valence-corrected chi connectivity index (χ3v) is 6.77. The van der Waals surface area contributed by atoms with Crippen LogP contribution in [-0.2, 0) is 0 Å². The normalized spacial score (nSPS) is 11.9. The van der Waals surface area contributed by atoms with Gasteiger partial charge in [-0.15, -0.1) is 0 Å². The lowest BCUT2D eigenvalue weighted by molar-refractivity contribution is 0.557. The van der Waals surface area contributed by atoms with E-state index in [1.54, 1.807) is 0 Å². The second-order valence-electron chi connectivity index (χ2n) is 10.2. The summed E-state index contributed by atoms with van der Waals surface area (Å²) in [5, 5.41) is 0. The molecule has 0 fully saturated rings. The summed E-state index contributed by atoms with van der Waals surface area (Å²) in [6.07, 6.45) is 46.4. The van der Waals surface area contributed by atoms with Crippen molar-refractivity contribution in [2.24, 2.45) is 0 Å². The van der Waals surface area contributed by atoms with E-state index in [4.69, 9.17) is 0 Å². The van der Waals surface area contributed by atoms with Crippen molar-refractivity contribution in [2.75, 3.05) is 0 Å². The third-order valence-electron chi connectivity index (χ3n) is 6.77. The molecular formula is C32H62. The average Bonchev–Trinajstić information content (AvgIpc) is 2.81. The Morgan fingerprint density at radius 2 is 0.438 bits per heavy atom. The van der Waals surface area contributed by atoms with E-state index < -0.39 is 0 Å². The molecule has 0 spiro atoms. The molecule has 0 aliphatic heterocycles. The van der Waals surface area contributed by atoms with Crippen molar-refractivity contribution in [2.45, 2.75) is 181 Å². The van der Waals surface area contributed by atoms with Gasteiger partial charge in [0.15, 0.2) is 0 Å². The summed E-state index contributed by atoms with van der Waals surface area (Å²) < 4.78 is 0. The van der Waals surface area contributed by atoms with Crippen molar-refractivity contribution in [3.8, 4) is 0 Å². The minimum Gasteiger partial charge on any atom is -0.0885 e. The zero-order valence-corrected chi connectivity index (χ0v) is 22.7. The molecule has 0 heteroatoms. The fourth-order valence-corrected chi connectivity index (χ4v) is 4.50.